The summed E-state index contributed by atoms with van der Waals surface area (Å²) in [6.45, 7) is -1.81. The van der Waals surface area contributed by atoms with Crippen LogP contribution in [0.15, 0.2) is 48.5 Å². The van der Waals surface area contributed by atoms with Crippen molar-refractivity contribution in [1.82, 2.24) is 0 Å². The number of para-hydroxylation sites is 2. The molecule has 0 saturated carbocycles. The van der Waals surface area contributed by atoms with Crippen LogP contribution in [-0.4, -0.2) is 42.3 Å². The van der Waals surface area contributed by atoms with Crippen molar-refractivity contribution in [2.45, 2.75) is 31.6 Å². The highest BCUT2D eigenvalue weighted by molar-refractivity contribution is 5.97. The van der Waals surface area contributed by atoms with E-state index in [1.165, 1.54) is 12.1 Å². The molecular formula is C21H23BrF2N2O3. The molecule has 5 nitrogen and oxygen atoms in total. The highest BCUT2D eigenvalue weighted by atomic mass is 79.9. The highest BCUT2D eigenvalue weighted by Crippen LogP contribution is 2.39. The van der Waals surface area contributed by atoms with Gasteiger partial charge >= 0.3 is 6.61 Å². The van der Waals surface area contributed by atoms with Gasteiger partial charge in [0.2, 0.25) is 0 Å². The van der Waals surface area contributed by atoms with E-state index in [0.717, 1.165) is 43.1 Å². The van der Waals surface area contributed by atoms with Gasteiger partial charge in [0.1, 0.15) is 5.75 Å². The lowest BCUT2D eigenvalue weighted by Crippen LogP contribution is -3.00. The van der Waals surface area contributed by atoms with E-state index in [-0.39, 0.29) is 22.7 Å². The number of hydrogen-bond donors (Lipinski definition) is 1. The highest BCUT2D eigenvalue weighted by Gasteiger charge is 2.53. The minimum Gasteiger partial charge on any atom is -1.00 e. The topological polar surface area (TPSA) is 44.9 Å². The zero-order valence-corrected chi connectivity index (χ0v) is 17.6. The first kappa shape index (κ1) is 21.5. The van der Waals surface area contributed by atoms with E-state index >= 15 is 0 Å². The molecule has 0 bridgehead atoms. The molecule has 29 heavy (non-hydrogen) atoms. The van der Waals surface area contributed by atoms with Crippen LogP contribution >= 0.6 is 0 Å². The summed E-state index contributed by atoms with van der Waals surface area (Å²) in [5.41, 5.74) is 0.298. The molecule has 4 rings (SSSR count). The Hall–Kier alpha value is -2.19. The van der Waals surface area contributed by atoms with E-state index in [1.54, 1.807) is 19.2 Å². The molecule has 0 fully saturated rings. The number of nitrogens with zero attached hydrogens (tertiary/aromatic N) is 2. The van der Waals surface area contributed by atoms with Gasteiger partial charge in [-0.3, -0.25) is 0 Å². The van der Waals surface area contributed by atoms with Gasteiger partial charge in [0.05, 0.1) is 13.7 Å². The van der Waals surface area contributed by atoms with Gasteiger partial charge in [-0.2, -0.15) is 8.78 Å². The molecule has 8 heteroatoms. The van der Waals surface area contributed by atoms with Crippen molar-refractivity contribution in [2.24, 2.45) is 0 Å². The number of ether oxygens (including phenoxy) is 2. The Kier molecular flexibility index (Phi) is 6.43. The number of halogens is 3. The molecule has 2 heterocycles. The summed E-state index contributed by atoms with van der Waals surface area (Å²) in [7, 11) is 1.63. The summed E-state index contributed by atoms with van der Waals surface area (Å²) in [5.74, 6) is 1.86. The average Bonchev–Trinajstić information content (AvgIpc) is 3.02. The smallest absolute Gasteiger partial charge is 0.387 e. The van der Waals surface area contributed by atoms with Crippen molar-refractivity contribution in [1.29, 1.82) is 0 Å². The molecule has 0 saturated heterocycles. The molecule has 0 aliphatic carbocycles. The van der Waals surface area contributed by atoms with Gasteiger partial charge < -0.3 is 31.6 Å². The van der Waals surface area contributed by atoms with Crippen molar-refractivity contribution in [3.8, 4) is 11.5 Å². The minimum atomic E-state index is -2.87. The molecule has 0 amide bonds. The fourth-order valence-corrected chi connectivity index (χ4v) is 4.12. The van der Waals surface area contributed by atoms with Crippen molar-refractivity contribution in [3.05, 3.63) is 54.1 Å². The first-order valence-electron chi connectivity index (χ1n) is 9.34. The van der Waals surface area contributed by atoms with Crippen molar-refractivity contribution in [3.63, 3.8) is 0 Å². The maximum atomic E-state index is 12.4. The third-order valence-corrected chi connectivity index (χ3v) is 5.40. The fraction of sp³-hybridized carbons (Fsp3) is 0.381. The van der Waals surface area contributed by atoms with Crippen LogP contribution in [0.5, 0.6) is 11.5 Å². The molecule has 1 atom stereocenters. The normalized spacial score (nSPS) is 21.1. The summed E-state index contributed by atoms with van der Waals surface area (Å²) in [5, 5.41) is 11.7. The number of hydrogen-bond acceptors (Lipinski definition) is 4. The average molecular weight is 469 g/mol. The fourth-order valence-electron chi connectivity index (χ4n) is 4.12. The Bertz CT molecular complexity index is 892. The third kappa shape index (κ3) is 3.96. The van der Waals surface area contributed by atoms with E-state index < -0.39 is 12.3 Å². The first-order valence-corrected chi connectivity index (χ1v) is 9.34. The van der Waals surface area contributed by atoms with Crippen molar-refractivity contribution >= 4 is 11.5 Å². The van der Waals surface area contributed by atoms with Crippen LogP contribution in [0.2, 0.25) is 0 Å². The summed E-state index contributed by atoms with van der Waals surface area (Å²) < 4.78 is 36.8. The number of amidine groups is 1. The van der Waals surface area contributed by atoms with E-state index in [4.69, 9.17) is 4.74 Å². The molecular weight excluding hydrogens is 446 g/mol. The van der Waals surface area contributed by atoms with Crippen molar-refractivity contribution in [2.75, 3.05) is 25.1 Å². The van der Waals surface area contributed by atoms with Gasteiger partial charge in [-0.15, -0.1) is 0 Å². The second kappa shape index (κ2) is 8.67. The van der Waals surface area contributed by atoms with Crippen molar-refractivity contribution < 1.29 is 44.9 Å². The Labute approximate surface area is 178 Å². The lowest BCUT2D eigenvalue weighted by Gasteiger charge is -2.24. The monoisotopic (exact) mass is 468 g/mol. The van der Waals surface area contributed by atoms with Crippen LogP contribution in [0.1, 0.15) is 24.8 Å². The molecule has 1 unspecified atom stereocenters. The maximum Gasteiger partial charge on any atom is 0.387 e. The van der Waals surface area contributed by atoms with Gasteiger partial charge in [0.25, 0.3) is 11.6 Å². The first-order chi connectivity index (χ1) is 13.5. The number of β-amino-alcohol motifs (C(OH)–C–C–N with tert-alkyl or cyclic N) is 1. The Morgan fingerprint density at radius 3 is 2.52 bits per heavy atom. The molecule has 0 radical (unpaired) electrons. The lowest BCUT2D eigenvalue weighted by molar-refractivity contribution is -0.661. The SMILES string of the molecule is COc1ccccc1N1CC(O)(c2ccc(OC(F)F)cc2)[N+]2=C1CCCC2.[Br-]. The van der Waals surface area contributed by atoms with E-state index in [9.17, 15) is 13.9 Å². The Morgan fingerprint density at radius 2 is 1.83 bits per heavy atom. The summed E-state index contributed by atoms with van der Waals surface area (Å²) in [6, 6.07) is 14.0. The zero-order valence-electron chi connectivity index (χ0n) is 16.0. The molecule has 156 valence electrons. The molecule has 0 aromatic heterocycles. The predicted molar refractivity (Wildman–Crippen MR) is 101 cm³/mol. The van der Waals surface area contributed by atoms with Gasteiger partial charge in [-0.1, -0.05) is 12.1 Å². The number of alkyl halides is 2. The van der Waals surface area contributed by atoms with Gasteiger partial charge in [-0.05, 0) is 49.2 Å². The number of anilines is 1. The predicted octanol–water partition coefficient (Wildman–Crippen LogP) is 0.561. The molecule has 2 aromatic carbocycles. The zero-order chi connectivity index (χ0) is 19.7. The standard InChI is InChI=1S/C21H23F2N2O3.BrH/c1-27-18-7-3-2-6-17(18)24-14-21(26,25-13-5-4-8-19(24)25)15-9-11-16(12-10-15)28-20(22)23;/h2-3,6-7,9-12,20,26H,4-5,8,13-14H2,1H3;1H/q+1;/p-1. The van der Waals surface area contributed by atoms with Gasteiger partial charge in [0, 0.05) is 12.0 Å². The molecule has 2 aliphatic rings. The molecule has 2 aliphatic heterocycles. The van der Waals surface area contributed by atoms with Crippen LogP contribution in [0.4, 0.5) is 14.5 Å². The largest absolute Gasteiger partial charge is 1.00 e. The number of benzene rings is 2. The van der Waals surface area contributed by atoms with Crippen LogP contribution in [0, 0.1) is 0 Å². The second-order valence-corrected chi connectivity index (χ2v) is 7.00. The van der Waals surface area contributed by atoms with Crippen LogP contribution in [-0.2, 0) is 5.72 Å². The quantitative estimate of drug-likeness (QED) is 0.651. The summed E-state index contributed by atoms with van der Waals surface area (Å²) in [6.07, 6.45) is 2.89. The van der Waals surface area contributed by atoms with Crippen LogP contribution in [0.3, 0.4) is 0 Å². The number of aliphatic hydroxyl groups is 1. The van der Waals surface area contributed by atoms with Gasteiger partial charge in [0.15, 0.2) is 18.0 Å². The van der Waals surface area contributed by atoms with Crippen LogP contribution < -0.4 is 31.4 Å². The van der Waals surface area contributed by atoms with E-state index in [2.05, 4.69) is 9.64 Å². The molecule has 1 N–H and O–H groups in total. The summed E-state index contributed by atoms with van der Waals surface area (Å²) >= 11 is 0. The molecule has 2 aromatic rings. The lowest BCUT2D eigenvalue weighted by atomic mass is 10.0. The van der Waals surface area contributed by atoms with Crippen LogP contribution in [0.25, 0.3) is 0 Å². The third-order valence-electron chi connectivity index (χ3n) is 5.40. The van der Waals surface area contributed by atoms with Gasteiger partial charge in [-0.25, -0.2) is 9.48 Å². The van der Waals surface area contributed by atoms with E-state index in [0.29, 0.717) is 12.1 Å². The maximum absolute atomic E-state index is 12.4. The molecule has 0 spiro atoms. The van der Waals surface area contributed by atoms with E-state index in [1.807, 2.05) is 28.8 Å². The number of methoxy groups -OCH3 is 1. The number of rotatable bonds is 5. The Balaban J connectivity index is 0.00000240. The Morgan fingerprint density at radius 1 is 1.10 bits per heavy atom. The second-order valence-electron chi connectivity index (χ2n) is 7.00. The summed E-state index contributed by atoms with van der Waals surface area (Å²) in [4.78, 5) is 2.10. The minimum absolute atomic E-state index is 0.